The van der Waals surface area contributed by atoms with E-state index in [1.165, 1.54) is 11.3 Å². The zero-order valence-electron chi connectivity index (χ0n) is 17.4. The SMILES string of the molecule is Cc1ccc(-c2cc(C(=O)Nc3nc4ccc(SC(F)F)cc4s3)c3ccccc3n2)cc1. The Kier molecular flexibility index (Phi) is 5.78. The van der Waals surface area contributed by atoms with E-state index < -0.39 is 5.76 Å². The first-order valence-corrected chi connectivity index (χ1v) is 11.8. The number of hydrogen-bond donors (Lipinski definition) is 1. The molecule has 8 heteroatoms. The number of thioether (sulfide) groups is 1. The number of thiazole rings is 1. The fourth-order valence-corrected chi connectivity index (χ4v) is 5.05. The summed E-state index contributed by atoms with van der Waals surface area (Å²) in [7, 11) is 0. The summed E-state index contributed by atoms with van der Waals surface area (Å²) in [6.07, 6.45) is 0. The number of benzene rings is 3. The monoisotopic (exact) mass is 477 g/mol. The van der Waals surface area contributed by atoms with Crippen LogP contribution in [0.25, 0.3) is 32.4 Å². The van der Waals surface area contributed by atoms with Crippen LogP contribution in [0.5, 0.6) is 0 Å². The van der Waals surface area contributed by atoms with Crippen molar-refractivity contribution in [3.63, 3.8) is 0 Å². The normalized spacial score (nSPS) is 11.4. The molecule has 0 aliphatic heterocycles. The Hall–Kier alpha value is -3.36. The number of alkyl halides is 2. The maximum atomic E-state index is 13.3. The summed E-state index contributed by atoms with van der Waals surface area (Å²) in [4.78, 5) is 22.9. The fraction of sp³-hybridized carbons (Fsp3) is 0.0800. The molecule has 3 aromatic carbocycles. The van der Waals surface area contributed by atoms with Crippen molar-refractivity contribution in [2.75, 3.05) is 5.32 Å². The van der Waals surface area contributed by atoms with Crippen LogP contribution in [0.1, 0.15) is 15.9 Å². The Morgan fingerprint density at radius 3 is 2.55 bits per heavy atom. The third-order valence-corrected chi connectivity index (χ3v) is 6.75. The minimum atomic E-state index is -2.49. The average molecular weight is 478 g/mol. The number of halogens is 2. The van der Waals surface area contributed by atoms with E-state index in [2.05, 4.69) is 10.3 Å². The van der Waals surface area contributed by atoms with Gasteiger partial charge in [0.1, 0.15) is 0 Å². The second-order valence-electron chi connectivity index (χ2n) is 7.42. The number of para-hydroxylation sites is 1. The molecule has 0 saturated carbocycles. The fourth-order valence-electron chi connectivity index (χ4n) is 3.53. The first-order valence-electron chi connectivity index (χ1n) is 10.1. The van der Waals surface area contributed by atoms with Crippen LogP contribution in [0.3, 0.4) is 0 Å². The summed E-state index contributed by atoms with van der Waals surface area (Å²) >= 11 is 1.74. The number of carbonyl (C=O) groups is 1. The number of aryl methyl sites for hydroxylation is 1. The Morgan fingerprint density at radius 1 is 0.970 bits per heavy atom. The maximum absolute atomic E-state index is 13.3. The van der Waals surface area contributed by atoms with E-state index in [9.17, 15) is 13.6 Å². The van der Waals surface area contributed by atoms with Gasteiger partial charge in [-0.1, -0.05) is 71.1 Å². The van der Waals surface area contributed by atoms with Gasteiger partial charge in [-0.25, -0.2) is 9.97 Å². The number of nitrogens with one attached hydrogen (secondary N) is 1. The molecule has 0 radical (unpaired) electrons. The zero-order chi connectivity index (χ0) is 22.9. The van der Waals surface area contributed by atoms with E-state index in [0.717, 1.165) is 26.7 Å². The van der Waals surface area contributed by atoms with Crippen molar-refractivity contribution in [1.82, 2.24) is 9.97 Å². The van der Waals surface area contributed by atoms with Gasteiger partial charge in [-0.05, 0) is 37.3 Å². The summed E-state index contributed by atoms with van der Waals surface area (Å²) in [6, 6.07) is 22.2. The van der Waals surface area contributed by atoms with E-state index in [-0.39, 0.29) is 5.91 Å². The van der Waals surface area contributed by atoms with Gasteiger partial charge in [-0.15, -0.1) is 0 Å². The first-order chi connectivity index (χ1) is 16.0. The molecule has 2 aromatic heterocycles. The van der Waals surface area contributed by atoms with Crippen molar-refractivity contribution >= 4 is 55.3 Å². The third kappa shape index (κ3) is 4.58. The molecule has 4 nitrogen and oxygen atoms in total. The lowest BCUT2D eigenvalue weighted by atomic mass is 10.0. The second-order valence-corrected chi connectivity index (χ2v) is 9.51. The predicted octanol–water partition coefficient (Wildman–Crippen LogP) is 7.39. The van der Waals surface area contributed by atoms with Gasteiger partial charge >= 0.3 is 0 Å². The lowest BCUT2D eigenvalue weighted by Crippen LogP contribution is -2.13. The molecule has 0 aliphatic carbocycles. The van der Waals surface area contributed by atoms with Crippen molar-refractivity contribution in [3.8, 4) is 11.3 Å². The number of anilines is 1. The number of rotatable bonds is 5. The lowest BCUT2D eigenvalue weighted by Gasteiger charge is -2.10. The summed E-state index contributed by atoms with van der Waals surface area (Å²) in [6.45, 7) is 2.02. The summed E-state index contributed by atoms with van der Waals surface area (Å²) in [5.41, 5.74) is 4.63. The number of hydrogen-bond acceptors (Lipinski definition) is 5. The molecule has 0 atom stereocenters. The largest absolute Gasteiger partial charge is 0.298 e. The molecular formula is C25H17F2N3OS2. The molecule has 0 fully saturated rings. The van der Waals surface area contributed by atoms with Crippen molar-refractivity contribution in [3.05, 3.63) is 83.9 Å². The highest BCUT2D eigenvalue weighted by Gasteiger charge is 2.16. The summed E-state index contributed by atoms with van der Waals surface area (Å²) in [5, 5.41) is 4.02. The van der Waals surface area contributed by atoms with Gasteiger partial charge in [-0.3, -0.25) is 10.1 Å². The van der Waals surface area contributed by atoms with Crippen LogP contribution in [0.2, 0.25) is 0 Å². The summed E-state index contributed by atoms with van der Waals surface area (Å²) in [5.74, 6) is -2.79. The first kappa shape index (κ1) is 21.5. The van der Waals surface area contributed by atoms with E-state index >= 15 is 0 Å². The number of carbonyl (C=O) groups excluding carboxylic acids is 1. The van der Waals surface area contributed by atoms with Gasteiger partial charge in [0, 0.05) is 15.8 Å². The molecule has 0 saturated heterocycles. The van der Waals surface area contributed by atoms with E-state index in [1.807, 2.05) is 55.5 Å². The molecule has 1 N–H and O–H groups in total. The average Bonchev–Trinajstić information content (AvgIpc) is 3.19. The topological polar surface area (TPSA) is 54.9 Å². The number of aromatic nitrogens is 2. The quantitative estimate of drug-likeness (QED) is 0.268. The third-order valence-electron chi connectivity index (χ3n) is 5.11. The molecule has 164 valence electrons. The van der Waals surface area contributed by atoms with E-state index in [4.69, 9.17) is 4.98 Å². The number of amides is 1. The van der Waals surface area contributed by atoms with E-state index in [0.29, 0.717) is 38.6 Å². The number of pyridine rings is 1. The van der Waals surface area contributed by atoms with Gasteiger partial charge in [0.15, 0.2) is 5.13 Å². The van der Waals surface area contributed by atoms with Crippen LogP contribution >= 0.6 is 23.1 Å². The number of fused-ring (bicyclic) bond motifs is 2. The van der Waals surface area contributed by atoms with Gasteiger partial charge in [-0.2, -0.15) is 8.78 Å². The predicted molar refractivity (Wildman–Crippen MR) is 131 cm³/mol. The van der Waals surface area contributed by atoms with Gasteiger partial charge in [0.25, 0.3) is 11.7 Å². The minimum Gasteiger partial charge on any atom is -0.298 e. The van der Waals surface area contributed by atoms with Crippen LogP contribution in [0.15, 0.2) is 77.7 Å². The van der Waals surface area contributed by atoms with E-state index in [1.54, 1.807) is 24.3 Å². The minimum absolute atomic E-state index is 0.303. The Balaban J connectivity index is 1.50. The van der Waals surface area contributed by atoms with Gasteiger partial charge in [0.2, 0.25) is 0 Å². The summed E-state index contributed by atoms with van der Waals surface area (Å²) < 4.78 is 26.1. The van der Waals surface area contributed by atoms with Gasteiger partial charge < -0.3 is 0 Å². The molecule has 33 heavy (non-hydrogen) atoms. The number of nitrogens with zero attached hydrogens (tertiary/aromatic N) is 2. The highest BCUT2D eigenvalue weighted by Crippen LogP contribution is 2.33. The maximum Gasteiger partial charge on any atom is 0.288 e. The van der Waals surface area contributed by atoms with Crippen molar-refractivity contribution in [2.45, 2.75) is 17.6 Å². The van der Waals surface area contributed by atoms with Crippen LogP contribution in [0, 0.1) is 6.92 Å². The van der Waals surface area contributed by atoms with Gasteiger partial charge in [0.05, 0.1) is 27.0 Å². The van der Waals surface area contributed by atoms with Crippen molar-refractivity contribution in [1.29, 1.82) is 0 Å². The molecule has 0 spiro atoms. The van der Waals surface area contributed by atoms with Crippen LogP contribution < -0.4 is 5.32 Å². The Morgan fingerprint density at radius 2 is 1.76 bits per heavy atom. The van der Waals surface area contributed by atoms with Crippen LogP contribution in [0.4, 0.5) is 13.9 Å². The molecule has 2 heterocycles. The Bertz CT molecular complexity index is 1480. The lowest BCUT2D eigenvalue weighted by molar-refractivity contribution is 0.102. The van der Waals surface area contributed by atoms with Crippen molar-refractivity contribution in [2.24, 2.45) is 0 Å². The zero-order valence-corrected chi connectivity index (χ0v) is 19.0. The molecule has 0 unspecified atom stereocenters. The molecule has 5 rings (SSSR count). The second kappa shape index (κ2) is 8.88. The molecule has 1 amide bonds. The van der Waals surface area contributed by atoms with Crippen LogP contribution in [-0.2, 0) is 0 Å². The molecule has 0 aliphatic rings. The van der Waals surface area contributed by atoms with Crippen LogP contribution in [-0.4, -0.2) is 21.6 Å². The standard InChI is InChI=1S/C25H17F2N3OS2/c1-14-6-8-15(9-7-14)21-13-18(17-4-2-3-5-19(17)28-21)23(31)30-25-29-20-11-10-16(32-24(26)27)12-22(20)33-25/h2-13,24H,1H3,(H,29,30,31). The smallest absolute Gasteiger partial charge is 0.288 e. The highest BCUT2D eigenvalue weighted by molar-refractivity contribution is 7.99. The van der Waals surface area contributed by atoms with Crippen molar-refractivity contribution < 1.29 is 13.6 Å². The highest BCUT2D eigenvalue weighted by atomic mass is 32.2. The Labute approximate surface area is 196 Å². The molecular weight excluding hydrogens is 460 g/mol. The molecule has 5 aromatic rings. The molecule has 0 bridgehead atoms.